The van der Waals surface area contributed by atoms with E-state index in [-0.39, 0.29) is 26.2 Å². The number of aliphatic carboxylic acids is 3. The minimum atomic E-state index is -2.66. The van der Waals surface area contributed by atoms with Gasteiger partial charge in [0.2, 0.25) is 0 Å². The Bertz CT molecular complexity index is 773. The van der Waals surface area contributed by atoms with Gasteiger partial charge in [0, 0.05) is 0 Å². The Hall–Kier alpha value is -1.31. The van der Waals surface area contributed by atoms with Crippen LogP contribution in [0.2, 0.25) is 0 Å². The molecule has 272 valence electrons. The molecule has 12 unspecified atom stereocenters. The maximum Gasteiger partial charge on any atom is 3.00 e. The van der Waals surface area contributed by atoms with Gasteiger partial charge in [0.25, 0.3) is 0 Å². The zero-order valence-corrected chi connectivity index (χ0v) is 28.5. The molecule has 46 heavy (non-hydrogen) atoms. The van der Waals surface area contributed by atoms with E-state index in [4.69, 9.17) is 30.6 Å². The van der Waals surface area contributed by atoms with E-state index in [1.807, 2.05) is 0 Å². The molecule has 0 aliphatic rings. The summed E-state index contributed by atoms with van der Waals surface area (Å²) in [5.74, 6) is -5.87. The van der Waals surface area contributed by atoms with Crippen molar-refractivity contribution in [1.82, 2.24) is 0 Å². The molecule has 0 saturated carbocycles. The van der Waals surface area contributed by atoms with Crippen LogP contribution in [0.25, 0.3) is 0 Å². The largest absolute Gasteiger partial charge is 3.00 e. The van der Waals surface area contributed by atoms with E-state index in [1.54, 1.807) is 0 Å². The fourth-order valence-electron chi connectivity index (χ4n) is 3.23. The molecule has 0 saturated heterocycles. The smallest absolute Gasteiger partial charge is 0.547 e. The summed E-state index contributed by atoms with van der Waals surface area (Å²) in [5.41, 5.74) is -7.97. The van der Waals surface area contributed by atoms with Crippen molar-refractivity contribution in [3.63, 3.8) is 0 Å². The van der Waals surface area contributed by atoms with Gasteiger partial charge in [0.1, 0.15) is 71.7 Å². The molecule has 15 N–H and O–H groups in total. The van der Waals surface area contributed by atoms with Crippen molar-refractivity contribution in [2.75, 3.05) is 19.8 Å². The Balaban J connectivity index is -0.000000285. The Kier molecular flexibility index (Phi) is 25.9. The SMILES string of the molecule is CCC(O)(C(=O)[O-])C(O)C(O)C(O)CO.CCC(O)(C(=O)[O-])C(O)C(O)C(O)CO.CCC(O)(C(=O)[O-])C(O)C(O)C(O)CO.[Bi+3]. The third kappa shape index (κ3) is 13.7. The van der Waals surface area contributed by atoms with Crippen LogP contribution in [0.15, 0.2) is 0 Å². The fraction of sp³-hybridized carbons (Fsp3) is 0.875. The Morgan fingerprint density at radius 3 is 0.717 bits per heavy atom. The average molecular weight is 879 g/mol. The predicted octanol–water partition coefficient (Wildman–Crippen LogP) is -12.5. The molecule has 0 amide bonds. The summed E-state index contributed by atoms with van der Waals surface area (Å²) >= 11 is 0. The number of aliphatic hydroxyl groups excluding tert-OH is 12. The molecule has 0 bridgehead atoms. The van der Waals surface area contributed by atoms with Crippen LogP contribution < -0.4 is 15.3 Å². The molecule has 22 heteroatoms. The van der Waals surface area contributed by atoms with Crippen molar-refractivity contribution in [2.45, 2.75) is 112 Å². The Morgan fingerprint density at radius 1 is 0.478 bits per heavy atom. The maximum atomic E-state index is 10.5. The number of carbonyl (C=O) groups is 3. The van der Waals surface area contributed by atoms with Crippen molar-refractivity contribution in [1.29, 1.82) is 0 Å². The monoisotopic (exact) mass is 878 g/mol. The van der Waals surface area contributed by atoms with Crippen LogP contribution in [0.5, 0.6) is 0 Å². The normalized spacial score (nSPS) is 21.0. The molecule has 0 rings (SSSR count). The van der Waals surface area contributed by atoms with E-state index in [1.165, 1.54) is 20.8 Å². The number of aliphatic hydroxyl groups is 15. The summed E-state index contributed by atoms with van der Waals surface area (Å²) in [4.78, 5) is 31.6. The molecule has 0 fully saturated rings. The van der Waals surface area contributed by atoms with Gasteiger partial charge in [-0.1, -0.05) is 20.8 Å². The molecule has 0 spiro atoms. The van der Waals surface area contributed by atoms with Crippen LogP contribution in [-0.2, 0) is 14.4 Å². The molecule has 0 aliphatic carbocycles. The summed E-state index contributed by atoms with van der Waals surface area (Å²) < 4.78 is 0. The molecule has 21 nitrogen and oxygen atoms in total. The topological polar surface area (TPSA) is 424 Å². The first-order valence-electron chi connectivity index (χ1n) is 13.2. The summed E-state index contributed by atoms with van der Waals surface area (Å²) in [6, 6.07) is 0. The molecular weight excluding hydrogens is 833 g/mol. The van der Waals surface area contributed by atoms with Crippen molar-refractivity contribution < 1.29 is 106 Å². The molecule has 0 aliphatic heterocycles. The van der Waals surface area contributed by atoms with Gasteiger partial charge in [-0.25, -0.2) is 0 Å². The summed E-state index contributed by atoms with van der Waals surface area (Å²) in [5, 5.41) is 168. The van der Waals surface area contributed by atoms with Gasteiger partial charge in [0.05, 0.1) is 37.7 Å². The van der Waals surface area contributed by atoms with Crippen molar-refractivity contribution >= 4 is 44.1 Å². The number of carboxylic acids is 3. The van der Waals surface area contributed by atoms with Crippen LogP contribution >= 0.6 is 0 Å². The number of hydrogen-bond donors (Lipinski definition) is 15. The van der Waals surface area contributed by atoms with Gasteiger partial charge >= 0.3 is 26.2 Å². The first-order chi connectivity index (χ1) is 20.4. The number of carbonyl (C=O) groups excluding carboxylic acids is 3. The van der Waals surface area contributed by atoms with Crippen molar-refractivity contribution in [3.05, 3.63) is 0 Å². The van der Waals surface area contributed by atoms with E-state index in [0.29, 0.717) is 0 Å². The summed E-state index contributed by atoms with van der Waals surface area (Å²) in [6.07, 6.45) is -18.8. The number of carboxylic acid groups (broad SMARTS) is 3. The van der Waals surface area contributed by atoms with Gasteiger partial charge in [-0.2, -0.15) is 0 Å². The predicted molar refractivity (Wildman–Crippen MR) is 142 cm³/mol. The van der Waals surface area contributed by atoms with Crippen molar-refractivity contribution in [3.8, 4) is 0 Å². The molecule has 0 aromatic heterocycles. The number of hydrogen-bond acceptors (Lipinski definition) is 21. The van der Waals surface area contributed by atoms with E-state index in [2.05, 4.69) is 0 Å². The van der Waals surface area contributed by atoms with Gasteiger partial charge in [-0.3, -0.25) is 0 Å². The number of rotatable bonds is 18. The second-order valence-corrected chi connectivity index (χ2v) is 9.75. The first-order valence-corrected chi connectivity index (χ1v) is 13.2. The van der Waals surface area contributed by atoms with Crippen LogP contribution in [0, 0.1) is 0 Å². The van der Waals surface area contributed by atoms with Crippen LogP contribution in [-0.4, -0.2) is 212 Å². The van der Waals surface area contributed by atoms with E-state index in [9.17, 15) is 75.7 Å². The fourth-order valence-corrected chi connectivity index (χ4v) is 3.23. The van der Waals surface area contributed by atoms with E-state index >= 15 is 0 Å². The van der Waals surface area contributed by atoms with Gasteiger partial charge in [-0.15, -0.1) is 0 Å². The standard InChI is InChI=1S/3C8H16O7.Bi/c3*1-2-8(15,7(13)14)6(12)5(11)4(10)3-9;/h3*4-6,9-12,15H,2-3H2,1H3,(H,13,14);/q;;;+3/p-3. The summed E-state index contributed by atoms with van der Waals surface area (Å²) in [6.45, 7) is 1.17. The first kappa shape index (κ1) is 51.5. The van der Waals surface area contributed by atoms with Crippen LogP contribution in [0.1, 0.15) is 40.0 Å². The maximum absolute atomic E-state index is 10.5. The van der Waals surface area contributed by atoms with Gasteiger partial charge in [-0.05, 0) is 19.3 Å². The molecule has 0 aromatic carbocycles. The Labute approximate surface area is 281 Å². The van der Waals surface area contributed by atoms with Gasteiger partial charge < -0.3 is 106 Å². The minimum Gasteiger partial charge on any atom is -0.547 e. The third-order valence-corrected chi connectivity index (χ3v) is 6.86. The molecule has 0 aromatic rings. The van der Waals surface area contributed by atoms with E-state index in [0.717, 1.165) is 0 Å². The molecule has 2 radical (unpaired) electrons. The zero-order chi connectivity index (χ0) is 36.7. The zero-order valence-electron chi connectivity index (χ0n) is 25.0. The second-order valence-electron chi connectivity index (χ2n) is 9.75. The van der Waals surface area contributed by atoms with Crippen LogP contribution in [0.4, 0.5) is 0 Å². The summed E-state index contributed by atoms with van der Waals surface area (Å²) in [7, 11) is 0. The quantitative estimate of drug-likeness (QED) is 0.0568. The molecular formula is C24H45BiO21. The second kappa shape index (κ2) is 23.1. The van der Waals surface area contributed by atoms with E-state index < -0.39 is 129 Å². The Morgan fingerprint density at radius 2 is 0.630 bits per heavy atom. The van der Waals surface area contributed by atoms with Crippen molar-refractivity contribution in [2.24, 2.45) is 0 Å². The third-order valence-electron chi connectivity index (χ3n) is 6.86. The van der Waals surface area contributed by atoms with Crippen LogP contribution in [0.3, 0.4) is 0 Å². The average Bonchev–Trinajstić information content (AvgIpc) is 3.03. The molecule has 12 atom stereocenters. The minimum absolute atomic E-state index is 0. The molecule has 0 heterocycles. The van der Waals surface area contributed by atoms with Gasteiger partial charge in [0.15, 0.2) is 0 Å².